The number of aliphatic hydroxyl groups is 1. The second-order valence-corrected chi connectivity index (χ2v) is 13.3. The summed E-state index contributed by atoms with van der Waals surface area (Å²) >= 11 is 6.16. The van der Waals surface area contributed by atoms with Crippen LogP contribution in [0.15, 0.2) is 75.2 Å². The van der Waals surface area contributed by atoms with Crippen molar-refractivity contribution in [3.63, 3.8) is 0 Å². The molecule has 17 heteroatoms. The van der Waals surface area contributed by atoms with Gasteiger partial charge in [0, 0.05) is 44.8 Å². The molecule has 5 heterocycles. The molecule has 0 aliphatic carbocycles. The Labute approximate surface area is 307 Å². The number of anilines is 1. The predicted octanol–water partition coefficient (Wildman–Crippen LogP) is 5.02. The van der Waals surface area contributed by atoms with Crippen molar-refractivity contribution >= 4 is 52.4 Å². The number of hydrogen-bond donors (Lipinski definition) is 2. The van der Waals surface area contributed by atoms with Crippen molar-refractivity contribution < 1.29 is 42.1 Å². The van der Waals surface area contributed by atoms with Crippen molar-refractivity contribution in [2.24, 2.45) is 9.98 Å². The molecule has 2 aromatic carbocycles. The SMILES string of the molecule is CCC1=C(N2CCN(C(=O)C3=NCCC(C)=C3O)CC2)C(=O)N2CC=C(c3ccc4c(c3)OCO4)N=C2N1CC(=O)Nc1ccc(C(F)(F)F)cc1Cl. The van der Waals surface area contributed by atoms with Crippen LogP contribution in [0.25, 0.3) is 5.70 Å². The molecule has 3 amide bonds. The minimum absolute atomic E-state index is 0.0113. The van der Waals surface area contributed by atoms with E-state index < -0.39 is 17.6 Å². The van der Waals surface area contributed by atoms with Gasteiger partial charge in [-0.3, -0.25) is 24.3 Å². The number of carbonyl (C=O) groups excluding carboxylic acids is 3. The fourth-order valence-corrected chi connectivity index (χ4v) is 6.97. The highest BCUT2D eigenvalue weighted by atomic mass is 35.5. The molecule has 5 aliphatic rings. The quantitative estimate of drug-likeness (QED) is 0.402. The zero-order valence-electron chi connectivity index (χ0n) is 28.8. The molecular weight excluding hydrogens is 719 g/mol. The van der Waals surface area contributed by atoms with E-state index in [1.807, 2.05) is 17.9 Å². The van der Waals surface area contributed by atoms with Crippen LogP contribution in [0.4, 0.5) is 18.9 Å². The van der Waals surface area contributed by atoms with Gasteiger partial charge in [-0.25, -0.2) is 4.99 Å². The summed E-state index contributed by atoms with van der Waals surface area (Å²) in [5.41, 5.74) is 1.84. The lowest BCUT2D eigenvalue weighted by atomic mass is 10.1. The number of carbonyl (C=O) groups is 3. The lowest BCUT2D eigenvalue weighted by Crippen LogP contribution is -2.59. The highest BCUT2D eigenvalue weighted by molar-refractivity contribution is 6.44. The number of dihydropyridines is 1. The average Bonchev–Trinajstić information content (AvgIpc) is 3.62. The Kier molecular flexibility index (Phi) is 9.57. The first-order chi connectivity index (χ1) is 25.3. The smallest absolute Gasteiger partial charge is 0.416 e. The Hall–Kier alpha value is -5.51. The fraction of sp³-hybridized carbons (Fsp3) is 0.361. The summed E-state index contributed by atoms with van der Waals surface area (Å²) in [6.07, 6.45) is -1.94. The number of nitrogens with one attached hydrogen (secondary N) is 1. The van der Waals surface area contributed by atoms with Gasteiger partial charge in [-0.05, 0) is 67.8 Å². The van der Waals surface area contributed by atoms with Crippen LogP contribution >= 0.6 is 11.6 Å². The van der Waals surface area contributed by atoms with E-state index in [4.69, 9.17) is 26.1 Å². The number of alkyl halides is 3. The van der Waals surface area contributed by atoms with E-state index in [1.54, 1.807) is 34.9 Å². The third-order valence-electron chi connectivity index (χ3n) is 9.56. The van der Waals surface area contributed by atoms with Crippen molar-refractivity contribution in [3.8, 4) is 11.5 Å². The predicted molar refractivity (Wildman–Crippen MR) is 189 cm³/mol. The van der Waals surface area contributed by atoms with Crippen molar-refractivity contribution in [1.29, 1.82) is 0 Å². The van der Waals surface area contributed by atoms with Crippen LogP contribution in [0.3, 0.4) is 0 Å². The Morgan fingerprint density at radius 3 is 2.53 bits per heavy atom. The van der Waals surface area contributed by atoms with Gasteiger partial charge in [0.2, 0.25) is 18.7 Å². The van der Waals surface area contributed by atoms with Gasteiger partial charge in [-0.15, -0.1) is 0 Å². The number of benzene rings is 2. The molecule has 2 N–H and O–H groups in total. The van der Waals surface area contributed by atoms with E-state index in [0.29, 0.717) is 59.1 Å². The van der Waals surface area contributed by atoms with E-state index >= 15 is 0 Å². The molecule has 0 spiro atoms. The maximum atomic E-state index is 14.4. The standard InChI is InChI=1S/C36H35ClF3N7O6/c1-3-26-31(44-12-14-45(15-13-44)33(50)30-32(49)20(2)8-10-41-30)34(51)46-11-9-24(21-4-7-27-28(16-21)53-19-52-27)43-35(46)47(26)18-29(48)42-25-6-5-22(17-23(25)37)36(38,39)40/h4-7,9,16-17,49H,3,8,10-15,18-19H2,1-2H3,(H,42,48). The monoisotopic (exact) mass is 753 g/mol. The van der Waals surface area contributed by atoms with Crippen molar-refractivity contribution in [1.82, 2.24) is 19.6 Å². The molecule has 0 unspecified atom stereocenters. The second kappa shape index (κ2) is 14.1. The van der Waals surface area contributed by atoms with Crippen LogP contribution in [0.5, 0.6) is 11.5 Å². The van der Waals surface area contributed by atoms with Gasteiger partial charge < -0.3 is 34.6 Å². The van der Waals surface area contributed by atoms with E-state index in [9.17, 15) is 32.7 Å². The van der Waals surface area contributed by atoms with Gasteiger partial charge in [0.15, 0.2) is 17.2 Å². The fourth-order valence-electron chi connectivity index (χ4n) is 6.74. The largest absolute Gasteiger partial charge is 0.506 e. The summed E-state index contributed by atoms with van der Waals surface area (Å²) < 4.78 is 50.8. The van der Waals surface area contributed by atoms with Gasteiger partial charge >= 0.3 is 6.18 Å². The molecular formula is C36H35ClF3N7O6. The van der Waals surface area contributed by atoms with Crippen LogP contribution in [-0.2, 0) is 20.6 Å². The number of aliphatic hydroxyl groups excluding tert-OH is 1. The number of hydrogen-bond acceptors (Lipinski definition) is 10. The topological polar surface area (TPSA) is 140 Å². The summed E-state index contributed by atoms with van der Waals surface area (Å²) in [6, 6.07) is 8.01. The van der Waals surface area contributed by atoms with Gasteiger partial charge in [0.05, 0.1) is 27.7 Å². The third kappa shape index (κ3) is 6.90. The molecule has 5 aliphatic heterocycles. The number of amides is 3. The van der Waals surface area contributed by atoms with Gasteiger partial charge in [-0.1, -0.05) is 18.5 Å². The molecule has 0 radical (unpaired) electrons. The zero-order valence-corrected chi connectivity index (χ0v) is 29.6. The number of fused-ring (bicyclic) bond motifs is 2. The highest BCUT2D eigenvalue weighted by Gasteiger charge is 2.42. The minimum atomic E-state index is -4.61. The maximum Gasteiger partial charge on any atom is 0.416 e. The molecule has 53 heavy (non-hydrogen) atoms. The van der Waals surface area contributed by atoms with Crippen LogP contribution in [0.1, 0.15) is 37.8 Å². The minimum Gasteiger partial charge on any atom is -0.506 e. The van der Waals surface area contributed by atoms with Crippen LogP contribution < -0.4 is 14.8 Å². The third-order valence-corrected chi connectivity index (χ3v) is 9.88. The molecule has 0 bridgehead atoms. The highest BCUT2D eigenvalue weighted by Crippen LogP contribution is 2.38. The van der Waals surface area contributed by atoms with Gasteiger partial charge in [0.25, 0.3) is 11.8 Å². The Morgan fingerprint density at radius 2 is 1.81 bits per heavy atom. The molecule has 0 aromatic heterocycles. The molecule has 278 valence electrons. The second-order valence-electron chi connectivity index (χ2n) is 12.8. The van der Waals surface area contributed by atoms with Crippen LogP contribution in [0, 0.1) is 0 Å². The zero-order chi connectivity index (χ0) is 37.6. The van der Waals surface area contributed by atoms with Gasteiger partial charge in [-0.2, -0.15) is 13.2 Å². The Balaban J connectivity index is 1.19. The van der Waals surface area contributed by atoms with Crippen LogP contribution in [0.2, 0.25) is 5.02 Å². The summed E-state index contributed by atoms with van der Waals surface area (Å²) in [4.78, 5) is 57.0. The summed E-state index contributed by atoms with van der Waals surface area (Å²) in [5, 5.41) is 12.8. The number of halogens is 4. The van der Waals surface area contributed by atoms with Crippen molar-refractivity contribution in [2.75, 3.05) is 57.9 Å². The number of rotatable bonds is 7. The lowest BCUT2D eigenvalue weighted by Gasteiger charge is -2.45. The number of nitrogens with zero attached hydrogens (tertiary/aromatic N) is 6. The number of allylic oxidation sites excluding steroid dienone is 1. The number of aliphatic imine (C=N–C) groups is 2. The number of guanidine groups is 1. The van der Waals surface area contributed by atoms with Crippen LogP contribution in [-0.4, -0.2) is 107 Å². The summed E-state index contributed by atoms with van der Waals surface area (Å²) in [6.45, 7) is 4.93. The average molecular weight is 754 g/mol. The van der Waals surface area contributed by atoms with E-state index in [1.165, 1.54) is 4.90 Å². The van der Waals surface area contributed by atoms with E-state index in [0.717, 1.165) is 18.2 Å². The molecule has 13 nitrogen and oxygen atoms in total. The number of piperazine rings is 1. The number of ether oxygens (including phenoxy) is 2. The summed E-state index contributed by atoms with van der Waals surface area (Å²) in [5.74, 6) is -0.101. The van der Waals surface area contributed by atoms with Crippen molar-refractivity contribution in [3.05, 3.63) is 81.4 Å². The van der Waals surface area contributed by atoms with E-state index in [-0.39, 0.29) is 86.0 Å². The van der Waals surface area contributed by atoms with E-state index in [2.05, 4.69) is 10.3 Å². The lowest BCUT2D eigenvalue weighted by molar-refractivity contribution is -0.137. The first kappa shape index (κ1) is 35.9. The maximum absolute atomic E-state index is 14.4. The van der Waals surface area contributed by atoms with Crippen molar-refractivity contribution in [2.45, 2.75) is 32.9 Å². The molecule has 0 saturated carbocycles. The molecule has 0 atom stereocenters. The summed E-state index contributed by atoms with van der Waals surface area (Å²) in [7, 11) is 0. The molecule has 1 saturated heterocycles. The molecule has 2 aromatic rings. The first-order valence-corrected chi connectivity index (χ1v) is 17.4. The normalized spacial score (nSPS) is 18.9. The Bertz CT molecular complexity index is 2050. The first-order valence-electron chi connectivity index (χ1n) is 17.0. The Morgan fingerprint density at radius 1 is 1.06 bits per heavy atom. The molecule has 1 fully saturated rings. The molecule has 7 rings (SSSR count). The van der Waals surface area contributed by atoms with Gasteiger partial charge in [0.1, 0.15) is 18.0 Å².